The van der Waals surface area contributed by atoms with E-state index in [9.17, 15) is 9.90 Å². The number of phenolic OH excluding ortho intramolecular Hbond substituents is 1. The van der Waals surface area contributed by atoms with Crippen LogP contribution in [-0.2, 0) is 11.2 Å². The van der Waals surface area contributed by atoms with Crippen LogP contribution < -0.4 is 0 Å². The summed E-state index contributed by atoms with van der Waals surface area (Å²) in [5.74, 6) is -0.530. The minimum atomic E-state index is -0.797. The lowest BCUT2D eigenvalue weighted by molar-refractivity contribution is -0.142. The van der Waals surface area contributed by atoms with Gasteiger partial charge in [-0.25, -0.2) is 0 Å². The van der Waals surface area contributed by atoms with Gasteiger partial charge in [0.15, 0.2) is 0 Å². The number of carboxylic acid groups (broad SMARTS) is 1. The SMILES string of the molecule is CC(CCc1ccc(O)cc1)N(C)C(C)C(=O)O. The molecule has 2 unspecified atom stereocenters. The van der Waals surface area contributed by atoms with Gasteiger partial charge in [0.25, 0.3) is 0 Å². The number of nitrogens with zero attached hydrogens (tertiary/aromatic N) is 1. The van der Waals surface area contributed by atoms with Crippen LogP contribution in [0.1, 0.15) is 25.8 Å². The zero-order valence-corrected chi connectivity index (χ0v) is 11.1. The van der Waals surface area contributed by atoms with Gasteiger partial charge in [-0.1, -0.05) is 12.1 Å². The molecule has 0 heterocycles. The lowest BCUT2D eigenvalue weighted by Crippen LogP contribution is -2.41. The standard InChI is InChI=1S/C14H21NO3/c1-10(15(3)11(2)14(17)18)4-5-12-6-8-13(16)9-7-12/h6-11,16H,4-5H2,1-3H3,(H,17,18). The minimum absolute atomic E-state index is 0.199. The molecule has 0 aromatic heterocycles. The molecule has 100 valence electrons. The summed E-state index contributed by atoms with van der Waals surface area (Å²) in [5, 5.41) is 18.1. The van der Waals surface area contributed by atoms with Gasteiger partial charge >= 0.3 is 5.97 Å². The summed E-state index contributed by atoms with van der Waals surface area (Å²) >= 11 is 0. The molecule has 1 rings (SSSR count). The normalized spacial score (nSPS) is 14.4. The first-order valence-corrected chi connectivity index (χ1v) is 6.14. The van der Waals surface area contributed by atoms with Crippen LogP contribution in [0.3, 0.4) is 0 Å². The van der Waals surface area contributed by atoms with Gasteiger partial charge in [0.1, 0.15) is 11.8 Å². The molecular formula is C14H21NO3. The Kier molecular flexibility index (Phi) is 5.16. The van der Waals surface area contributed by atoms with Crippen molar-refractivity contribution in [1.82, 2.24) is 4.90 Å². The summed E-state index contributed by atoms with van der Waals surface area (Å²) in [6.07, 6.45) is 1.76. The van der Waals surface area contributed by atoms with Crippen LogP contribution in [-0.4, -0.2) is 40.2 Å². The molecule has 4 nitrogen and oxygen atoms in total. The molecule has 0 saturated heterocycles. The van der Waals surface area contributed by atoms with Crippen molar-refractivity contribution in [3.05, 3.63) is 29.8 Å². The Hall–Kier alpha value is -1.55. The quantitative estimate of drug-likeness (QED) is 0.813. The van der Waals surface area contributed by atoms with E-state index in [2.05, 4.69) is 0 Å². The molecule has 0 amide bonds. The second-order valence-corrected chi connectivity index (χ2v) is 4.73. The molecule has 0 aliphatic rings. The van der Waals surface area contributed by atoms with E-state index in [1.807, 2.05) is 31.0 Å². The highest BCUT2D eigenvalue weighted by Crippen LogP contribution is 2.14. The topological polar surface area (TPSA) is 60.8 Å². The number of aromatic hydroxyl groups is 1. The largest absolute Gasteiger partial charge is 0.508 e. The van der Waals surface area contributed by atoms with Crippen LogP contribution in [0.2, 0.25) is 0 Å². The number of hydrogen-bond donors (Lipinski definition) is 2. The first-order chi connectivity index (χ1) is 8.41. The molecule has 0 saturated carbocycles. The second-order valence-electron chi connectivity index (χ2n) is 4.73. The molecule has 0 radical (unpaired) electrons. The molecule has 0 spiro atoms. The van der Waals surface area contributed by atoms with E-state index >= 15 is 0 Å². The highest BCUT2D eigenvalue weighted by molar-refractivity contribution is 5.72. The number of aliphatic carboxylic acids is 1. The van der Waals surface area contributed by atoms with Crippen molar-refractivity contribution in [3.63, 3.8) is 0 Å². The van der Waals surface area contributed by atoms with Crippen molar-refractivity contribution in [2.75, 3.05) is 7.05 Å². The van der Waals surface area contributed by atoms with Gasteiger partial charge in [-0.15, -0.1) is 0 Å². The summed E-state index contributed by atoms with van der Waals surface area (Å²) in [5.41, 5.74) is 1.15. The van der Waals surface area contributed by atoms with Crippen molar-refractivity contribution in [2.45, 2.75) is 38.8 Å². The number of carboxylic acids is 1. The summed E-state index contributed by atoms with van der Waals surface area (Å²) in [6.45, 7) is 3.72. The number of likely N-dealkylation sites (N-methyl/N-ethyl adjacent to an activating group) is 1. The maximum atomic E-state index is 10.9. The van der Waals surface area contributed by atoms with Crippen LogP contribution in [0, 0.1) is 0 Å². The Bertz CT molecular complexity index is 389. The van der Waals surface area contributed by atoms with Gasteiger partial charge in [0.05, 0.1) is 0 Å². The molecule has 18 heavy (non-hydrogen) atoms. The van der Waals surface area contributed by atoms with Gasteiger partial charge < -0.3 is 10.2 Å². The zero-order valence-electron chi connectivity index (χ0n) is 11.1. The summed E-state index contributed by atoms with van der Waals surface area (Å²) in [7, 11) is 1.83. The van der Waals surface area contributed by atoms with Crippen LogP contribution in [0.5, 0.6) is 5.75 Å². The molecule has 2 N–H and O–H groups in total. The van der Waals surface area contributed by atoms with E-state index < -0.39 is 12.0 Å². The fourth-order valence-electron chi connectivity index (χ4n) is 1.80. The van der Waals surface area contributed by atoms with E-state index in [1.54, 1.807) is 19.1 Å². The van der Waals surface area contributed by atoms with Gasteiger partial charge in [0.2, 0.25) is 0 Å². The summed E-state index contributed by atoms with van der Waals surface area (Å²) in [6, 6.07) is 6.85. The van der Waals surface area contributed by atoms with E-state index in [4.69, 9.17) is 5.11 Å². The lowest BCUT2D eigenvalue weighted by atomic mass is 10.0. The number of aryl methyl sites for hydroxylation is 1. The molecule has 0 aliphatic heterocycles. The molecule has 2 atom stereocenters. The molecule has 1 aromatic carbocycles. The van der Waals surface area contributed by atoms with E-state index in [1.165, 1.54) is 0 Å². The maximum absolute atomic E-state index is 10.9. The van der Waals surface area contributed by atoms with Crippen molar-refractivity contribution >= 4 is 5.97 Å². The first kappa shape index (κ1) is 14.5. The van der Waals surface area contributed by atoms with Gasteiger partial charge in [-0.2, -0.15) is 0 Å². The molecule has 1 aromatic rings. The fraction of sp³-hybridized carbons (Fsp3) is 0.500. The Morgan fingerprint density at radius 2 is 1.83 bits per heavy atom. The molecule has 0 bridgehead atoms. The molecule has 0 fully saturated rings. The predicted molar refractivity (Wildman–Crippen MR) is 70.8 cm³/mol. The number of phenols is 1. The van der Waals surface area contributed by atoms with E-state index in [0.717, 1.165) is 18.4 Å². The lowest BCUT2D eigenvalue weighted by Gasteiger charge is -2.28. The summed E-state index contributed by atoms with van der Waals surface area (Å²) in [4.78, 5) is 12.8. The van der Waals surface area contributed by atoms with Crippen molar-refractivity contribution in [2.24, 2.45) is 0 Å². The highest BCUT2D eigenvalue weighted by atomic mass is 16.4. The van der Waals surface area contributed by atoms with Gasteiger partial charge in [-0.3, -0.25) is 9.69 Å². The van der Waals surface area contributed by atoms with Crippen molar-refractivity contribution < 1.29 is 15.0 Å². The number of rotatable bonds is 6. The van der Waals surface area contributed by atoms with Crippen molar-refractivity contribution in [3.8, 4) is 5.75 Å². The number of carbonyl (C=O) groups is 1. The van der Waals surface area contributed by atoms with Crippen molar-refractivity contribution in [1.29, 1.82) is 0 Å². The van der Waals surface area contributed by atoms with Crippen LogP contribution in [0.25, 0.3) is 0 Å². The number of hydrogen-bond acceptors (Lipinski definition) is 3. The molecule has 4 heteroatoms. The minimum Gasteiger partial charge on any atom is -0.508 e. The first-order valence-electron chi connectivity index (χ1n) is 6.14. The Balaban J connectivity index is 2.47. The van der Waals surface area contributed by atoms with E-state index in [-0.39, 0.29) is 11.8 Å². The van der Waals surface area contributed by atoms with Crippen LogP contribution in [0.4, 0.5) is 0 Å². The second kappa shape index (κ2) is 6.40. The third kappa shape index (κ3) is 4.04. The maximum Gasteiger partial charge on any atom is 0.320 e. The highest BCUT2D eigenvalue weighted by Gasteiger charge is 2.21. The zero-order chi connectivity index (χ0) is 13.7. The fourth-order valence-corrected chi connectivity index (χ4v) is 1.80. The third-order valence-corrected chi connectivity index (χ3v) is 3.45. The molecule has 0 aliphatic carbocycles. The average molecular weight is 251 g/mol. The third-order valence-electron chi connectivity index (χ3n) is 3.45. The van der Waals surface area contributed by atoms with Crippen LogP contribution >= 0.6 is 0 Å². The Morgan fingerprint density at radius 3 is 2.33 bits per heavy atom. The smallest absolute Gasteiger partial charge is 0.320 e. The van der Waals surface area contributed by atoms with Gasteiger partial charge in [0, 0.05) is 6.04 Å². The Morgan fingerprint density at radius 1 is 1.28 bits per heavy atom. The monoisotopic (exact) mass is 251 g/mol. The number of benzene rings is 1. The van der Waals surface area contributed by atoms with E-state index in [0.29, 0.717) is 0 Å². The Labute approximate surface area is 108 Å². The van der Waals surface area contributed by atoms with Crippen LogP contribution in [0.15, 0.2) is 24.3 Å². The molecular weight excluding hydrogens is 230 g/mol. The summed E-state index contributed by atoms with van der Waals surface area (Å²) < 4.78 is 0. The predicted octanol–water partition coefficient (Wildman–Crippen LogP) is 2.12. The van der Waals surface area contributed by atoms with Gasteiger partial charge in [-0.05, 0) is 51.4 Å². The average Bonchev–Trinajstić information content (AvgIpc) is 2.35.